The van der Waals surface area contributed by atoms with Crippen molar-refractivity contribution in [2.24, 2.45) is 0 Å². The Labute approximate surface area is 118 Å². The van der Waals surface area contributed by atoms with Crippen molar-refractivity contribution in [1.82, 2.24) is 9.80 Å². The van der Waals surface area contributed by atoms with Crippen molar-refractivity contribution >= 4 is 5.91 Å². The Morgan fingerprint density at radius 1 is 1.20 bits per heavy atom. The van der Waals surface area contributed by atoms with Gasteiger partial charge in [0.05, 0.1) is 0 Å². The number of hydrogen-bond donors (Lipinski definition) is 0. The standard InChI is InChI=1S/C15H20F2N2O/c1-2-4-14(20)19-9-7-18(8-10-19)11-12-5-3-6-13(16)15(12)17/h3,5-6H,2,4,7-11H2,1H3. The Morgan fingerprint density at radius 2 is 1.90 bits per heavy atom. The summed E-state index contributed by atoms with van der Waals surface area (Å²) in [7, 11) is 0. The molecule has 1 heterocycles. The second kappa shape index (κ2) is 6.79. The molecule has 0 atom stereocenters. The van der Waals surface area contributed by atoms with Crippen LogP contribution < -0.4 is 0 Å². The van der Waals surface area contributed by atoms with E-state index in [-0.39, 0.29) is 5.91 Å². The summed E-state index contributed by atoms with van der Waals surface area (Å²) < 4.78 is 26.7. The molecule has 1 fully saturated rings. The lowest BCUT2D eigenvalue weighted by molar-refractivity contribution is -0.133. The largest absolute Gasteiger partial charge is 0.340 e. The molecular weight excluding hydrogens is 262 g/mol. The number of carbonyl (C=O) groups is 1. The van der Waals surface area contributed by atoms with Crippen molar-refractivity contribution in [2.45, 2.75) is 26.3 Å². The summed E-state index contributed by atoms with van der Waals surface area (Å²) in [5.74, 6) is -1.39. The zero-order valence-electron chi connectivity index (χ0n) is 11.7. The summed E-state index contributed by atoms with van der Waals surface area (Å²) in [5.41, 5.74) is 0.373. The number of amides is 1. The fraction of sp³-hybridized carbons (Fsp3) is 0.533. The molecule has 1 aliphatic rings. The molecule has 2 rings (SSSR count). The highest BCUT2D eigenvalue weighted by Gasteiger charge is 2.21. The van der Waals surface area contributed by atoms with Crippen LogP contribution in [0, 0.1) is 11.6 Å². The monoisotopic (exact) mass is 282 g/mol. The van der Waals surface area contributed by atoms with Gasteiger partial charge in [0.25, 0.3) is 0 Å². The van der Waals surface area contributed by atoms with E-state index < -0.39 is 11.6 Å². The Kier molecular flexibility index (Phi) is 5.06. The van der Waals surface area contributed by atoms with Crippen molar-refractivity contribution in [3.05, 3.63) is 35.4 Å². The van der Waals surface area contributed by atoms with Gasteiger partial charge in [0.2, 0.25) is 5.91 Å². The molecule has 110 valence electrons. The Hall–Kier alpha value is -1.49. The van der Waals surface area contributed by atoms with Gasteiger partial charge < -0.3 is 4.90 Å². The smallest absolute Gasteiger partial charge is 0.222 e. The highest BCUT2D eigenvalue weighted by molar-refractivity contribution is 5.76. The number of halogens is 2. The Morgan fingerprint density at radius 3 is 2.55 bits per heavy atom. The van der Waals surface area contributed by atoms with Crippen molar-refractivity contribution in [1.29, 1.82) is 0 Å². The molecule has 1 aliphatic heterocycles. The molecule has 20 heavy (non-hydrogen) atoms. The van der Waals surface area contributed by atoms with E-state index in [9.17, 15) is 13.6 Å². The van der Waals surface area contributed by atoms with Crippen LogP contribution in [0.5, 0.6) is 0 Å². The lowest BCUT2D eigenvalue weighted by atomic mass is 10.1. The second-order valence-corrected chi connectivity index (χ2v) is 5.12. The number of piperazine rings is 1. The molecule has 0 bridgehead atoms. The van der Waals surface area contributed by atoms with E-state index in [4.69, 9.17) is 0 Å². The maximum Gasteiger partial charge on any atom is 0.222 e. The lowest BCUT2D eigenvalue weighted by Gasteiger charge is -2.34. The van der Waals surface area contributed by atoms with Gasteiger partial charge >= 0.3 is 0 Å². The molecule has 0 radical (unpaired) electrons. The van der Waals surface area contributed by atoms with Crippen molar-refractivity contribution in [3.63, 3.8) is 0 Å². The quantitative estimate of drug-likeness (QED) is 0.846. The van der Waals surface area contributed by atoms with Crippen LogP contribution in [-0.2, 0) is 11.3 Å². The third kappa shape index (κ3) is 3.54. The number of carbonyl (C=O) groups excluding carboxylic acids is 1. The molecule has 3 nitrogen and oxygen atoms in total. The van der Waals surface area contributed by atoms with Crippen LogP contribution >= 0.6 is 0 Å². The van der Waals surface area contributed by atoms with Gasteiger partial charge in [-0.2, -0.15) is 0 Å². The predicted molar refractivity (Wildman–Crippen MR) is 73.1 cm³/mol. The zero-order valence-corrected chi connectivity index (χ0v) is 11.7. The summed E-state index contributed by atoms with van der Waals surface area (Å²) in [6, 6.07) is 4.25. The fourth-order valence-electron chi connectivity index (χ4n) is 2.44. The number of hydrogen-bond acceptors (Lipinski definition) is 2. The molecule has 5 heteroatoms. The van der Waals surface area contributed by atoms with Crippen LogP contribution in [0.15, 0.2) is 18.2 Å². The minimum atomic E-state index is -0.806. The molecule has 0 aliphatic carbocycles. The van der Waals surface area contributed by atoms with Crippen LogP contribution in [0.25, 0.3) is 0 Å². The molecule has 1 aromatic carbocycles. The molecule has 0 saturated carbocycles. The Bertz CT molecular complexity index is 471. The van der Waals surface area contributed by atoms with E-state index >= 15 is 0 Å². The predicted octanol–water partition coefficient (Wildman–Crippen LogP) is 2.41. The van der Waals surface area contributed by atoms with Crippen molar-refractivity contribution in [3.8, 4) is 0 Å². The minimum Gasteiger partial charge on any atom is -0.340 e. The molecule has 0 spiro atoms. The van der Waals surface area contributed by atoms with Crippen LogP contribution in [0.1, 0.15) is 25.3 Å². The van der Waals surface area contributed by atoms with Crippen LogP contribution in [-0.4, -0.2) is 41.9 Å². The molecule has 0 unspecified atom stereocenters. The van der Waals surface area contributed by atoms with Gasteiger partial charge in [-0.15, -0.1) is 0 Å². The van der Waals surface area contributed by atoms with E-state index in [0.29, 0.717) is 44.7 Å². The maximum atomic E-state index is 13.6. The number of nitrogens with zero attached hydrogens (tertiary/aromatic N) is 2. The first-order valence-corrected chi connectivity index (χ1v) is 7.05. The van der Waals surface area contributed by atoms with E-state index in [1.165, 1.54) is 6.07 Å². The van der Waals surface area contributed by atoms with Gasteiger partial charge in [0.15, 0.2) is 11.6 Å². The van der Waals surface area contributed by atoms with Gasteiger partial charge in [-0.3, -0.25) is 9.69 Å². The normalized spacial score (nSPS) is 16.4. The van der Waals surface area contributed by atoms with Crippen LogP contribution in [0.2, 0.25) is 0 Å². The average Bonchev–Trinajstić information content (AvgIpc) is 2.45. The topological polar surface area (TPSA) is 23.6 Å². The van der Waals surface area contributed by atoms with E-state index in [0.717, 1.165) is 12.5 Å². The SMILES string of the molecule is CCCC(=O)N1CCN(Cc2cccc(F)c2F)CC1. The molecule has 0 aromatic heterocycles. The third-order valence-corrected chi connectivity index (χ3v) is 3.61. The fourth-order valence-corrected chi connectivity index (χ4v) is 2.44. The molecule has 1 amide bonds. The zero-order chi connectivity index (χ0) is 14.5. The van der Waals surface area contributed by atoms with Gasteiger partial charge in [0.1, 0.15) is 0 Å². The van der Waals surface area contributed by atoms with E-state index in [1.54, 1.807) is 6.07 Å². The summed E-state index contributed by atoms with van der Waals surface area (Å²) in [4.78, 5) is 15.7. The first-order chi connectivity index (χ1) is 9.61. The first-order valence-electron chi connectivity index (χ1n) is 7.05. The number of rotatable bonds is 4. The van der Waals surface area contributed by atoms with Gasteiger partial charge in [-0.05, 0) is 12.5 Å². The summed E-state index contributed by atoms with van der Waals surface area (Å²) >= 11 is 0. The lowest BCUT2D eigenvalue weighted by Crippen LogP contribution is -2.48. The molecule has 1 saturated heterocycles. The average molecular weight is 282 g/mol. The highest BCUT2D eigenvalue weighted by atomic mass is 19.2. The molecule has 1 aromatic rings. The second-order valence-electron chi connectivity index (χ2n) is 5.12. The minimum absolute atomic E-state index is 0.184. The third-order valence-electron chi connectivity index (χ3n) is 3.61. The first kappa shape index (κ1) is 14.9. The van der Waals surface area contributed by atoms with E-state index in [1.807, 2.05) is 16.7 Å². The van der Waals surface area contributed by atoms with Gasteiger partial charge in [-0.1, -0.05) is 19.1 Å². The van der Waals surface area contributed by atoms with Crippen LogP contribution in [0.3, 0.4) is 0 Å². The number of benzene rings is 1. The Balaban J connectivity index is 1.88. The van der Waals surface area contributed by atoms with Gasteiger partial charge in [-0.25, -0.2) is 8.78 Å². The summed E-state index contributed by atoms with van der Waals surface area (Å²) in [6.07, 6.45) is 1.44. The summed E-state index contributed by atoms with van der Waals surface area (Å²) in [5, 5.41) is 0. The summed E-state index contributed by atoms with van der Waals surface area (Å²) in [6.45, 7) is 5.10. The van der Waals surface area contributed by atoms with Crippen molar-refractivity contribution < 1.29 is 13.6 Å². The maximum absolute atomic E-state index is 13.6. The van der Waals surface area contributed by atoms with Gasteiger partial charge in [0, 0.05) is 44.7 Å². The van der Waals surface area contributed by atoms with E-state index in [2.05, 4.69) is 0 Å². The molecule has 0 N–H and O–H groups in total. The van der Waals surface area contributed by atoms with Crippen molar-refractivity contribution in [2.75, 3.05) is 26.2 Å². The van der Waals surface area contributed by atoms with Crippen LogP contribution in [0.4, 0.5) is 8.78 Å². The highest BCUT2D eigenvalue weighted by Crippen LogP contribution is 2.15. The molecular formula is C15H20F2N2O.